The van der Waals surface area contributed by atoms with Gasteiger partial charge >= 0.3 is 0 Å². The van der Waals surface area contributed by atoms with Gasteiger partial charge in [-0.3, -0.25) is 9.40 Å². The lowest BCUT2D eigenvalue weighted by atomic mass is 9.91. The van der Waals surface area contributed by atoms with Crippen LogP contribution in [0.1, 0.15) is 54.9 Å². The maximum atomic E-state index is 12.9. The van der Waals surface area contributed by atoms with E-state index in [0.717, 1.165) is 31.2 Å². The van der Waals surface area contributed by atoms with Gasteiger partial charge in [-0.05, 0) is 42.9 Å². The smallest absolute Gasteiger partial charge is 0.265 e. The Hall–Kier alpha value is -1.90. The molecule has 3 aliphatic heterocycles. The summed E-state index contributed by atoms with van der Waals surface area (Å²) in [5.41, 5.74) is 3.00. The van der Waals surface area contributed by atoms with E-state index in [0.29, 0.717) is 24.9 Å². The van der Waals surface area contributed by atoms with Gasteiger partial charge in [0.1, 0.15) is 4.90 Å². The summed E-state index contributed by atoms with van der Waals surface area (Å²) >= 11 is 0. The first-order valence-electron chi connectivity index (χ1n) is 9.15. The van der Waals surface area contributed by atoms with Gasteiger partial charge in [-0.15, -0.1) is 0 Å². The number of ether oxygens (including phenoxy) is 1. The summed E-state index contributed by atoms with van der Waals surface area (Å²) < 4.78 is 35.7. The average molecular weight is 374 g/mol. The van der Waals surface area contributed by atoms with Crippen LogP contribution in [0.5, 0.6) is 0 Å². The van der Waals surface area contributed by atoms with Crippen molar-refractivity contribution in [2.24, 2.45) is 0 Å². The minimum absolute atomic E-state index is 0.202. The predicted molar refractivity (Wildman–Crippen MR) is 96.4 cm³/mol. The van der Waals surface area contributed by atoms with Crippen LogP contribution in [0.4, 0.5) is 5.69 Å². The second kappa shape index (κ2) is 6.07. The van der Waals surface area contributed by atoms with Crippen molar-refractivity contribution < 1.29 is 13.2 Å². The van der Waals surface area contributed by atoms with Crippen LogP contribution in [0.25, 0.3) is 0 Å². The van der Waals surface area contributed by atoms with Crippen LogP contribution in [0.15, 0.2) is 35.5 Å². The van der Waals surface area contributed by atoms with E-state index in [-0.39, 0.29) is 17.0 Å². The number of hydrogen-bond donors (Lipinski definition) is 2. The SMILES string of the molecule is O=S(=O)(Nc1cccc2c1C1CCC2N1)c1cnn(C2CCOCC2)c1. The van der Waals surface area contributed by atoms with E-state index < -0.39 is 10.0 Å². The highest BCUT2D eigenvalue weighted by Crippen LogP contribution is 2.48. The molecule has 1 aromatic carbocycles. The van der Waals surface area contributed by atoms with E-state index in [2.05, 4.69) is 21.2 Å². The molecule has 0 spiro atoms. The Labute approximate surface area is 152 Å². The van der Waals surface area contributed by atoms with Crippen LogP contribution in [-0.2, 0) is 14.8 Å². The molecule has 2 fully saturated rings. The summed E-state index contributed by atoms with van der Waals surface area (Å²) in [6.07, 6.45) is 6.95. The van der Waals surface area contributed by atoms with Crippen molar-refractivity contribution >= 4 is 15.7 Å². The van der Waals surface area contributed by atoms with Crippen LogP contribution in [0.3, 0.4) is 0 Å². The van der Waals surface area contributed by atoms with Gasteiger partial charge in [0.2, 0.25) is 0 Å². The van der Waals surface area contributed by atoms with E-state index >= 15 is 0 Å². The number of aromatic nitrogens is 2. The number of rotatable bonds is 4. The third-order valence-corrected chi connectivity index (χ3v) is 7.03. The van der Waals surface area contributed by atoms with Gasteiger partial charge in [-0.1, -0.05) is 12.1 Å². The summed E-state index contributed by atoms with van der Waals surface area (Å²) in [4.78, 5) is 0.206. The minimum Gasteiger partial charge on any atom is -0.381 e. The standard InChI is InChI=1S/C18H22N4O3S/c23-26(24,13-10-19-22(11-13)12-6-8-25-9-7-12)21-17-3-1-2-14-15-4-5-16(20-15)18(14)17/h1-3,10-12,15-16,20-21H,4-9H2. The average Bonchev–Trinajstić information content (AvgIpc) is 3.39. The number of benzene rings is 1. The van der Waals surface area contributed by atoms with E-state index in [1.165, 1.54) is 11.8 Å². The highest BCUT2D eigenvalue weighted by Gasteiger charge is 2.38. The lowest BCUT2D eigenvalue weighted by molar-refractivity contribution is 0.0662. The molecule has 0 radical (unpaired) electrons. The molecule has 5 rings (SSSR count). The highest BCUT2D eigenvalue weighted by molar-refractivity contribution is 7.92. The molecule has 2 N–H and O–H groups in total. The van der Waals surface area contributed by atoms with Gasteiger partial charge < -0.3 is 10.1 Å². The molecular formula is C18H22N4O3S. The molecule has 2 atom stereocenters. The molecule has 0 amide bonds. The number of nitrogens with one attached hydrogen (secondary N) is 2. The first-order valence-corrected chi connectivity index (χ1v) is 10.6. The third kappa shape index (κ3) is 2.64. The number of anilines is 1. The fourth-order valence-electron chi connectivity index (χ4n) is 4.39. The van der Waals surface area contributed by atoms with Crippen molar-refractivity contribution in [1.29, 1.82) is 0 Å². The van der Waals surface area contributed by atoms with Crippen molar-refractivity contribution in [2.45, 2.75) is 48.7 Å². The number of nitrogens with zero attached hydrogens (tertiary/aromatic N) is 2. The summed E-state index contributed by atoms with van der Waals surface area (Å²) in [6, 6.07) is 6.67. The normalized spacial score (nSPS) is 25.4. The van der Waals surface area contributed by atoms with Crippen molar-refractivity contribution in [3.63, 3.8) is 0 Å². The maximum Gasteiger partial charge on any atom is 0.265 e. The lowest BCUT2D eigenvalue weighted by Crippen LogP contribution is -2.20. The molecule has 2 aromatic rings. The van der Waals surface area contributed by atoms with Crippen molar-refractivity contribution in [1.82, 2.24) is 15.1 Å². The zero-order valence-corrected chi connectivity index (χ0v) is 15.2. The van der Waals surface area contributed by atoms with Gasteiger partial charge in [0.15, 0.2) is 0 Å². The molecule has 0 saturated carbocycles. The van der Waals surface area contributed by atoms with Crippen molar-refractivity contribution in [3.05, 3.63) is 41.7 Å². The first-order chi connectivity index (χ1) is 12.6. The van der Waals surface area contributed by atoms with Crippen LogP contribution < -0.4 is 10.0 Å². The second-order valence-electron chi connectivity index (χ2n) is 7.26. The van der Waals surface area contributed by atoms with E-state index in [1.807, 2.05) is 12.1 Å². The lowest BCUT2D eigenvalue weighted by Gasteiger charge is -2.22. The van der Waals surface area contributed by atoms with Gasteiger partial charge in [-0.2, -0.15) is 5.10 Å². The zero-order valence-electron chi connectivity index (χ0n) is 14.4. The molecule has 1 aromatic heterocycles. The number of hydrogen-bond acceptors (Lipinski definition) is 5. The largest absolute Gasteiger partial charge is 0.381 e. The Balaban J connectivity index is 1.42. The molecule has 2 saturated heterocycles. The Morgan fingerprint density at radius 1 is 1.15 bits per heavy atom. The third-order valence-electron chi connectivity index (χ3n) is 5.71. The number of sulfonamides is 1. The Bertz CT molecular complexity index is 934. The number of fused-ring (bicyclic) bond motifs is 5. The van der Waals surface area contributed by atoms with Gasteiger partial charge in [0, 0.05) is 31.5 Å². The van der Waals surface area contributed by atoms with Crippen LogP contribution >= 0.6 is 0 Å². The molecule has 0 aliphatic carbocycles. The van der Waals surface area contributed by atoms with Gasteiger partial charge in [0.25, 0.3) is 10.0 Å². The quantitative estimate of drug-likeness (QED) is 0.859. The maximum absolute atomic E-state index is 12.9. The van der Waals surface area contributed by atoms with Crippen LogP contribution in [0, 0.1) is 0 Å². The molecule has 3 aliphatic rings. The molecule has 2 unspecified atom stereocenters. The van der Waals surface area contributed by atoms with Crippen LogP contribution in [0.2, 0.25) is 0 Å². The molecule has 4 heterocycles. The first kappa shape index (κ1) is 16.3. The van der Waals surface area contributed by atoms with E-state index in [1.54, 1.807) is 10.9 Å². The van der Waals surface area contributed by atoms with Crippen LogP contribution in [-0.4, -0.2) is 31.4 Å². The molecule has 7 nitrogen and oxygen atoms in total. The Kier molecular flexibility index (Phi) is 3.80. The summed E-state index contributed by atoms with van der Waals surface area (Å²) in [5, 5.41) is 7.83. The molecule has 26 heavy (non-hydrogen) atoms. The summed E-state index contributed by atoms with van der Waals surface area (Å²) in [7, 11) is -3.66. The molecule has 8 heteroatoms. The molecule has 2 bridgehead atoms. The highest BCUT2D eigenvalue weighted by atomic mass is 32.2. The second-order valence-corrected chi connectivity index (χ2v) is 8.95. The molecule has 138 valence electrons. The fraction of sp³-hybridized carbons (Fsp3) is 0.500. The topological polar surface area (TPSA) is 85.3 Å². The van der Waals surface area contributed by atoms with Crippen molar-refractivity contribution in [3.8, 4) is 0 Å². The summed E-state index contributed by atoms with van der Waals surface area (Å²) in [5.74, 6) is 0. The van der Waals surface area contributed by atoms with Crippen molar-refractivity contribution in [2.75, 3.05) is 17.9 Å². The van der Waals surface area contributed by atoms with E-state index in [4.69, 9.17) is 4.74 Å². The van der Waals surface area contributed by atoms with E-state index in [9.17, 15) is 8.42 Å². The van der Waals surface area contributed by atoms with Gasteiger partial charge in [0.05, 0.1) is 17.9 Å². The van der Waals surface area contributed by atoms with Gasteiger partial charge in [-0.25, -0.2) is 8.42 Å². The zero-order chi connectivity index (χ0) is 17.7. The molecular weight excluding hydrogens is 352 g/mol. The fourth-order valence-corrected chi connectivity index (χ4v) is 5.41. The Morgan fingerprint density at radius 3 is 2.81 bits per heavy atom. The monoisotopic (exact) mass is 374 g/mol. The summed E-state index contributed by atoms with van der Waals surface area (Å²) in [6.45, 7) is 1.38. The Morgan fingerprint density at radius 2 is 1.96 bits per heavy atom. The minimum atomic E-state index is -3.66. The predicted octanol–water partition coefficient (Wildman–Crippen LogP) is 2.51.